The van der Waals surface area contributed by atoms with Crippen LogP contribution in [0.5, 0.6) is 0 Å². The van der Waals surface area contributed by atoms with Crippen molar-refractivity contribution in [2.75, 3.05) is 6.54 Å². The number of amides is 1. The number of rotatable bonds is 2. The second-order valence-corrected chi connectivity index (χ2v) is 4.33. The van der Waals surface area contributed by atoms with E-state index < -0.39 is 0 Å². The molecule has 3 heteroatoms. The molecule has 0 bridgehead atoms. The second kappa shape index (κ2) is 4.26. The Morgan fingerprint density at radius 1 is 1.31 bits per heavy atom. The highest BCUT2D eigenvalue weighted by Crippen LogP contribution is 2.24. The quantitative estimate of drug-likeness (QED) is 0.821. The first-order valence-corrected chi connectivity index (χ1v) is 5.76. The largest absolute Gasteiger partial charge is 0.322 e. The molecule has 1 saturated heterocycles. The predicted octanol–water partition coefficient (Wildman–Crippen LogP) is 1.83. The normalized spacial score (nSPS) is 25.2. The zero-order valence-electron chi connectivity index (χ0n) is 10.0. The van der Waals surface area contributed by atoms with Crippen molar-refractivity contribution in [1.29, 1.82) is 0 Å². The Balaban J connectivity index is 2.27. The minimum atomic E-state index is -0.0775. The number of aryl methyl sites for hydroxylation is 1. The number of carbonyl (C=O) groups is 1. The molecule has 2 atom stereocenters. The summed E-state index contributed by atoms with van der Waals surface area (Å²) in [5, 5.41) is 3.32. The van der Waals surface area contributed by atoms with Gasteiger partial charge in [-0.25, -0.2) is 0 Å². The average molecular weight is 218 g/mol. The maximum atomic E-state index is 11.9. The van der Waals surface area contributed by atoms with E-state index in [4.69, 9.17) is 0 Å². The average Bonchev–Trinajstić information content (AvgIpc) is 2.56. The van der Waals surface area contributed by atoms with Crippen LogP contribution in [0.15, 0.2) is 24.3 Å². The lowest BCUT2D eigenvalue weighted by molar-refractivity contribution is -0.129. The van der Waals surface area contributed by atoms with E-state index in [-0.39, 0.29) is 18.1 Å². The van der Waals surface area contributed by atoms with Crippen LogP contribution in [0, 0.1) is 6.92 Å². The summed E-state index contributed by atoms with van der Waals surface area (Å²) < 4.78 is 0. The summed E-state index contributed by atoms with van der Waals surface area (Å²) >= 11 is 0. The van der Waals surface area contributed by atoms with Gasteiger partial charge < -0.3 is 4.90 Å². The lowest BCUT2D eigenvalue weighted by Gasteiger charge is -2.23. The molecule has 1 aliphatic rings. The molecule has 0 radical (unpaired) electrons. The van der Waals surface area contributed by atoms with Crippen molar-refractivity contribution in [2.24, 2.45) is 0 Å². The third-order valence-electron chi connectivity index (χ3n) is 3.11. The van der Waals surface area contributed by atoms with Crippen molar-refractivity contribution < 1.29 is 4.79 Å². The number of benzene rings is 1. The van der Waals surface area contributed by atoms with Gasteiger partial charge in [-0.05, 0) is 26.3 Å². The van der Waals surface area contributed by atoms with E-state index in [0.717, 1.165) is 12.1 Å². The van der Waals surface area contributed by atoms with Crippen LogP contribution in [-0.4, -0.2) is 23.4 Å². The monoisotopic (exact) mass is 218 g/mol. The molecule has 86 valence electrons. The third-order valence-corrected chi connectivity index (χ3v) is 3.11. The molecule has 0 spiro atoms. The SMILES string of the molecule is CCN1C(=O)C(C)NC1c1ccc(C)cc1. The minimum absolute atomic E-state index is 0.0353. The van der Waals surface area contributed by atoms with E-state index >= 15 is 0 Å². The summed E-state index contributed by atoms with van der Waals surface area (Å²) in [5.74, 6) is 0.188. The zero-order chi connectivity index (χ0) is 11.7. The first kappa shape index (κ1) is 11.1. The van der Waals surface area contributed by atoms with Gasteiger partial charge in [-0.2, -0.15) is 0 Å². The molecule has 1 aromatic rings. The number of likely N-dealkylation sites (N-methyl/N-ethyl adjacent to an activating group) is 1. The maximum absolute atomic E-state index is 11.9. The molecule has 0 aromatic heterocycles. The van der Waals surface area contributed by atoms with Crippen LogP contribution >= 0.6 is 0 Å². The Morgan fingerprint density at radius 2 is 1.94 bits per heavy atom. The van der Waals surface area contributed by atoms with Crippen molar-refractivity contribution in [3.05, 3.63) is 35.4 Å². The number of carbonyl (C=O) groups excluding carboxylic acids is 1. The van der Waals surface area contributed by atoms with Gasteiger partial charge in [-0.15, -0.1) is 0 Å². The Morgan fingerprint density at radius 3 is 2.50 bits per heavy atom. The highest BCUT2D eigenvalue weighted by molar-refractivity contribution is 5.84. The van der Waals surface area contributed by atoms with Gasteiger partial charge >= 0.3 is 0 Å². The fourth-order valence-corrected chi connectivity index (χ4v) is 2.14. The van der Waals surface area contributed by atoms with Crippen molar-refractivity contribution in [3.63, 3.8) is 0 Å². The molecule has 0 aliphatic carbocycles. The summed E-state index contributed by atoms with van der Waals surface area (Å²) in [6.45, 7) is 6.74. The number of hydrogen-bond donors (Lipinski definition) is 1. The van der Waals surface area contributed by atoms with Gasteiger partial charge in [-0.3, -0.25) is 10.1 Å². The van der Waals surface area contributed by atoms with Crippen LogP contribution in [0.25, 0.3) is 0 Å². The Hall–Kier alpha value is -1.35. The highest BCUT2D eigenvalue weighted by atomic mass is 16.2. The lowest BCUT2D eigenvalue weighted by Crippen LogP contribution is -2.30. The molecule has 1 amide bonds. The van der Waals surface area contributed by atoms with Crippen molar-refractivity contribution >= 4 is 5.91 Å². The van der Waals surface area contributed by atoms with E-state index in [0.29, 0.717) is 0 Å². The third kappa shape index (κ3) is 1.83. The molecule has 1 heterocycles. The fourth-order valence-electron chi connectivity index (χ4n) is 2.14. The van der Waals surface area contributed by atoms with E-state index in [1.165, 1.54) is 5.56 Å². The second-order valence-electron chi connectivity index (χ2n) is 4.33. The van der Waals surface area contributed by atoms with Crippen molar-refractivity contribution in [3.8, 4) is 0 Å². The molecule has 2 rings (SSSR count). The Bertz CT molecular complexity index is 385. The van der Waals surface area contributed by atoms with Crippen LogP contribution in [0.4, 0.5) is 0 Å². The predicted molar refractivity (Wildman–Crippen MR) is 63.9 cm³/mol. The highest BCUT2D eigenvalue weighted by Gasteiger charge is 2.35. The van der Waals surface area contributed by atoms with E-state index in [2.05, 4.69) is 36.5 Å². The van der Waals surface area contributed by atoms with Gasteiger partial charge in [-0.1, -0.05) is 29.8 Å². The first-order chi connectivity index (χ1) is 7.63. The zero-order valence-corrected chi connectivity index (χ0v) is 10.0. The molecular formula is C13H18N2O. The van der Waals surface area contributed by atoms with E-state index in [9.17, 15) is 4.79 Å². The molecule has 0 saturated carbocycles. The molecular weight excluding hydrogens is 200 g/mol. The number of nitrogens with zero attached hydrogens (tertiary/aromatic N) is 1. The smallest absolute Gasteiger partial charge is 0.241 e. The number of nitrogens with one attached hydrogen (secondary N) is 1. The molecule has 1 fully saturated rings. The summed E-state index contributed by atoms with van der Waals surface area (Å²) in [7, 11) is 0. The molecule has 2 unspecified atom stereocenters. The molecule has 1 N–H and O–H groups in total. The standard InChI is InChI=1S/C13H18N2O/c1-4-15-12(14-10(3)13(15)16)11-7-5-9(2)6-8-11/h5-8,10,12,14H,4H2,1-3H3. The van der Waals surface area contributed by atoms with Crippen LogP contribution in [-0.2, 0) is 4.79 Å². The van der Waals surface area contributed by atoms with Gasteiger partial charge in [0.1, 0.15) is 6.17 Å². The van der Waals surface area contributed by atoms with Crippen LogP contribution < -0.4 is 5.32 Å². The van der Waals surface area contributed by atoms with Gasteiger partial charge in [0.2, 0.25) is 5.91 Å². The fraction of sp³-hybridized carbons (Fsp3) is 0.462. The molecule has 3 nitrogen and oxygen atoms in total. The maximum Gasteiger partial charge on any atom is 0.241 e. The summed E-state index contributed by atoms with van der Waals surface area (Å²) in [6, 6.07) is 8.25. The Kier molecular flexibility index (Phi) is 2.97. The summed E-state index contributed by atoms with van der Waals surface area (Å²) in [6.07, 6.45) is 0.0353. The minimum Gasteiger partial charge on any atom is -0.322 e. The number of hydrogen-bond acceptors (Lipinski definition) is 2. The van der Waals surface area contributed by atoms with Gasteiger partial charge in [0.15, 0.2) is 0 Å². The molecule has 16 heavy (non-hydrogen) atoms. The topological polar surface area (TPSA) is 32.3 Å². The van der Waals surface area contributed by atoms with Crippen LogP contribution in [0.3, 0.4) is 0 Å². The van der Waals surface area contributed by atoms with Gasteiger partial charge in [0.25, 0.3) is 0 Å². The van der Waals surface area contributed by atoms with Crippen molar-refractivity contribution in [2.45, 2.75) is 33.0 Å². The van der Waals surface area contributed by atoms with E-state index in [1.54, 1.807) is 0 Å². The van der Waals surface area contributed by atoms with Crippen LogP contribution in [0.1, 0.15) is 31.1 Å². The first-order valence-electron chi connectivity index (χ1n) is 5.76. The molecule has 1 aliphatic heterocycles. The van der Waals surface area contributed by atoms with Crippen LogP contribution in [0.2, 0.25) is 0 Å². The molecule has 1 aromatic carbocycles. The lowest BCUT2D eigenvalue weighted by atomic mass is 10.1. The van der Waals surface area contributed by atoms with E-state index in [1.807, 2.05) is 18.7 Å². The van der Waals surface area contributed by atoms with Gasteiger partial charge in [0.05, 0.1) is 6.04 Å². The van der Waals surface area contributed by atoms with Crippen molar-refractivity contribution in [1.82, 2.24) is 10.2 Å². The van der Waals surface area contributed by atoms with Gasteiger partial charge in [0, 0.05) is 6.54 Å². The summed E-state index contributed by atoms with van der Waals surface area (Å²) in [4.78, 5) is 13.7. The summed E-state index contributed by atoms with van der Waals surface area (Å²) in [5.41, 5.74) is 2.40. The Labute approximate surface area is 96.5 Å².